The molecule has 3 aromatic rings. The van der Waals surface area contributed by atoms with Crippen molar-refractivity contribution in [2.75, 3.05) is 0 Å². The maximum atomic E-state index is 12.8. The molecule has 0 bridgehead atoms. The zero-order chi connectivity index (χ0) is 22.9. The molecule has 1 N–H and O–H groups in total. The number of alkyl halides is 3. The SMILES string of the molecule is Cc1nc(-c2ccc(C(F)(F)F)cc2)sc1CSc1ccc2c(c1)CC=C(CC(=O)O)O2. The maximum Gasteiger partial charge on any atom is 0.416 e. The average Bonchev–Trinajstić information content (AvgIpc) is 3.12. The van der Waals surface area contributed by atoms with Gasteiger partial charge in [-0.3, -0.25) is 4.79 Å². The zero-order valence-corrected chi connectivity index (χ0v) is 18.5. The maximum absolute atomic E-state index is 12.8. The summed E-state index contributed by atoms with van der Waals surface area (Å²) in [6.07, 6.45) is -2.09. The number of rotatable bonds is 6. The smallest absolute Gasteiger partial charge is 0.416 e. The number of ether oxygens (including phenoxy) is 1. The largest absolute Gasteiger partial charge is 0.481 e. The van der Waals surface area contributed by atoms with Gasteiger partial charge in [-0.1, -0.05) is 12.1 Å². The van der Waals surface area contributed by atoms with Crippen molar-refractivity contribution < 1.29 is 27.8 Å². The molecule has 0 unspecified atom stereocenters. The predicted octanol–water partition coefficient (Wildman–Crippen LogP) is 6.72. The molecule has 0 amide bonds. The van der Waals surface area contributed by atoms with Crippen molar-refractivity contribution >= 4 is 29.1 Å². The summed E-state index contributed by atoms with van der Waals surface area (Å²) in [5.41, 5.74) is 1.85. The van der Waals surface area contributed by atoms with Gasteiger partial charge in [0.05, 0.1) is 11.3 Å². The zero-order valence-electron chi connectivity index (χ0n) is 16.9. The Bertz CT molecular complexity index is 1180. The second-order valence-electron chi connectivity index (χ2n) is 7.21. The van der Waals surface area contributed by atoms with E-state index in [0.717, 1.165) is 33.2 Å². The summed E-state index contributed by atoms with van der Waals surface area (Å²) in [6, 6.07) is 10.9. The van der Waals surface area contributed by atoms with Crippen LogP contribution >= 0.6 is 23.1 Å². The number of aliphatic carboxylic acids is 1. The Balaban J connectivity index is 1.43. The lowest BCUT2D eigenvalue weighted by molar-refractivity contribution is -0.138. The standard InChI is InChI=1S/C23H18F3NO3S2/c1-13-20(32-22(27-13)14-2-5-16(6-3-14)23(24,25)26)12-31-18-8-9-19-15(10-18)4-7-17(30-19)11-21(28)29/h2-3,5-10H,4,11-12H2,1H3,(H,28,29). The number of allylic oxidation sites excluding steroid dienone is 1. The van der Waals surface area contributed by atoms with Crippen LogP contribution in [0.4, 0.5) is 13.2 Å². The van der Waals surface area contributed by atoms with E-state index < -0.39 is 17.7 Å². The van der Waals surface area contributed by atoms with Crippen LogP contribution in [0.25, 0.3) is 10.6 Å². The second-order valence-corrected chi connectivity index (χ2v) is 9.34. The molecule has 1 aliphatic heterocycles. The van der Waals surface area contributed by atoms with Crippen LogP contribution in [0, 0.1) is 6.92 Å². The molecule has 0 spiro atoms. The number of hydrogen-bond acceptors (Lipinski definition) is 5. The van der Waals surface area contributed by atoms with Crippen molar-refractivity contribution in [3.63, 3.8) is 0 Å². The van der Waals surface area contributed by atoms with Crippen molar-refractivity contribution in [2.24, 2.45) is 0 Å². The second kappa shape index (κ2) is 8.99. The first-order valence-corrected chi connectivity index (χ1v) is 11.5. The molecule has 9 heteroatoms. The fourth-order valence-electron chi connectivity index (χ4n) is 3.20. The van der Waals surface area contributed by atoms with Gasteiger partial charge < -0.3 is 9.84 Å². The number of carbonyl (C=O) groups is 1. The lowest BCUT2D eigenvalue weighted by Gasteiger charge is -2.18. The number of aryl methyl sites for hydroxylation is 1. The first-order valence-electron chi connectivity index (χ1n) is 9.67. The molecule has 32 heavy (non-hydrogen) atoms. The number of carboxylic acids is 1. The summed E-state index contributed by atoms with van der Waals surface area (Å²) in [7, 11) is 0. The molecule has 0 aliphatic carbocycles. The lowest BCUT2D eigenvalue weighted by atomic mass is 10.1. The highest BCUT2D eigenvalue weighted by Crippen LogP contribution is 2.36. The molecule has 2 heterocycles. The van der Waals surface area contributed by atoms with Gasteiger partial charge in [-0.05, 0) is 55.3 Å². The van der Waals surface area contributed by atoms with Crippen LogP contribution in [0.5, 0.6) is 5.75 Å². The van der Waals surface area contributed by atoms with Gasteiger partial charge in [-0.15, -0.1) is 23.1 Å². The molecule has 0 atom stereocenters. The third-order valence-electron chi connectivity index (χ3n) is 4.87. The van der Waals surface area contributed by atoms with Crippen molar-refractivity contribution in [3.8, 4) is 16.3 Å². The first kappa shape index (κ1) is 22.4. The molecule has 0 fully saturated rings. The van der Waals surface area contributed by atoms with E-state index in [1.165, 1.54) is 23.5 Å². The number of thioether (sulfide) groups is 1. The van der Waals surface area contributed by atoms with Gasteiger partial charge in [0.25, 0.3) is 0 Å². The van der Waals surface area contributed by atoms with E-state index in [-0.39, 0.29) is 6.42 Å². The van der Waals surface area contributed by atoms with Crippen LogP contribution in [-0.2, 0) is 23.1 Å². The minimum Gasteiger partial charge on any atom is -0.481 e. The Morgan fingerprint density at radius 2 is 1.97 bits per heavy atom. The van der Waals surface area contributed by atoms with Crippen LogP contribution < -0.4 is 4.74 Å². The van der Waals surface area contributed by atoms with Crippen LogP contribution in [0.15, 0.2) is 59.2 Å². The van der Waals surface area contributed by atoms with Gasteiger partial charge in [-0.2, -0.15) is 13.2 Å². The van der Waals surface area contributed by atoms with Crippen molar-refractivity contribution in [3.05, 3.63) is 76.0 Å². The number of aromatic nitrogens is 1. The Hall–Kier alpha value is -2.78. The van der Waals surface area contributed by atoms with Gasteiger partial charge >= 0.3 is 12.1 Å². The van der Waals surface area contributed by atoms with Gasteiger partial charge in [0, 0.05) is 21.1 Å². The van der Waals surface area contributed by atoms with Crippen LogP contribution in [0.1, 0.15) is 28.1 Å². The molecule has 1 aromatic heterocycles. The van der Waals surface area contributed by atoms with Crippen LogP contribution in [0.3, 0.4) is 0 Å². The van der Waals surface area contributed by atoms with Crippen LogP contribution in [0.2, 0.25) is 0 Å². The Morgan fingerprint density at radius 3 is 2.66 bits per heavy atom. The van der Waals surface area contributed by atoms with Crippen molar-refractivity contribution in [2.45, 2.75) is 36.6 Å². The number of benzene rings is 2. The summed E-state index contributed by atoms with van der Waals surface area (Å²) < 4.78 is 44.0. The topological polar surface area (TPSA) is 59.4 Å². The van der Waals surface area contributed by atoms with E-state index >= 15 is 0 Å². The molecule has 0 saturated heterocycles. The summed E-state index contributed by atoms with van der Waals surface area (Å²) >= 11 is 3.11. The average molecular weight is 478 g/mol. The minimum atomic E-state index is -4.35. The highest BCUT2D eigenvalue weighted by Gasteiger charge is 2.30. The van der Waals surface area contributed by atoms with Crippen molar-refractivity contribution in [1.82, 2.24) is 4.98 Å². The van der Waals surface area contributed by atoms with E-state index in [0.29, 0.717) is 34.3 Å². The number of nitrogens with zero attached hydrogens (tertiary/aromatic N) is 1. The van der Waals surface area contributed by atoms with E-state index in [1.54, 1.807) is 17.8 Å². The molecule has 1 aliphatic rings. The molecule has 2 aromatic carbocycles. The summed E-state index contributed by atoms with van der Waals surface area (Å²) in [5, 5.41) is 9.60. The van der Waals surface area contributed by atoms with E-state index in [1.807, 2.05) is 25.1 Å². The first-order chi connectivity index (χ1) is 15.2. The number of fused-ring (bicyclic) bond motifs is 1. The highest BCUT2D eigenvalue weighted by molar-refractivity contribution is 7.98. The third kappa shape index (κ3) is 5.16. The Labute approximate surface area is 190 Å². The Kier molecular flexibility index (Phi) is 6.30. The van der Waals surface area contributed by atoms with E-state index in [2.05, 4.69) is 4.98 Å². The highest BCUT2D eigenvalue weighted by atomic mass is 32.2. The summed E-state index contributed by atoms with van der Waals surface area (Å²) in [6.45, 7) is 1.90. The van der Waals surface area contributed by atoms with E-state index in [4.69, 9.17) is 9.84 Å². The minimum absolute atomic E-state index is 0.137. The van der Waals surface area contributed by atoms with Gasteiger partial charge in [0.2, 0.25) is 0 Å². The van der Waals surface area contributed by atoms with Gasteiger partial charge in [0.1, 0.15) is 22.9 Å². The molecule has 0 saturated carbocycles. The normalized spacial score (nSPS) is 13.3. The van der Waals surface area contributed by atoms with Gasteiger partial charge in [0.15, 0.2) is 0 Å². The summed E-state index contributed by atoms with van der Waals surface area (Å²) in [4.78, 5) is 17.5. The Morgan fingerprint density at radius 1 is 1.22 bits per heavy atom. The fourth-order valence-corrected chi connectivity index (χ4v) is 5.38. The fraction of sp³-hybridized carbons (Fsp3) is 0.217. The third-order valence-corrected chi connectivity index (χ3v) is 7.28. The van der Waals surface area contributed by atoms with Crippen molar-refractivity contribution in [1.29, 1.82) is 0 Å². The van der Waals surface area contributed by atoms with E-state index in [9.17, 15) is 18.0 Å². The molecule has 4 rings (SSSR count). The molecule has 166 valence electrons. The number of hydrogen-bond donors (Lipinski definition) is 1. The molecular formula is C23H18F3NO3S2. The number of halogens is 3. The predicted molar refractivity (Wildman–Crippen MR) is 118 cm³/mol. The molecular weight excluding hydrogens is 459 g/mol. The molecule has 0 radical (unpaired) electrons. The quantitative estimate of drug-likeness (QED) is 0.399. The molecule has 4 nitrogen and oxygen atoms in total. The van der Waals surface area contributed by atoms with Crippen LogP contribution in [-0.4, -0.2) is 16.1 Å². The lowest BCUT2D eigenvalue weighted by Crippen LogP contribution is -2.08. The number of carboxylic acid groups (broad SMARTS) is 1. The monoisotopic (exact) mass is 477 g/mol. The summed E-state index contributed by atoms with van der Waals surface area (Å²) in [5.74, 6) is 0.875. The number of thiazole rings is 1. The van der Waals surface area contributed by atoms with Gasteiger partial charge in [-0.25, -0.2) is 4.98 Å².